The molecule has 0 aliphatic carbocycles. The van der Waals surface area contributed by atoms with Gasteiger partial charge in [0.1, 0.15) is 0 Å². The van der Waals surface area contributed by atoms with E-state index in [1.54, 1.807) is 6.08 Å². The first-order chi connectivity index (χ1) is 10.7. The molecule has 0 amide bonds. The van der Waals surface area contributed by atoms with Gasteiger partial charge in [0.05, 0.1) is 20.9 Å². The molecule has 1 aromatic rings. The van der Waals surface area contributed by atoms with Gasteiger partial charge in [-0.3, -0.25) is 15.0 Å². The lowest BCUT2D eigenvalue weighted by atomic mass is 9.81. The average molecular weight is 340 g/mol. The van der Waals surface area contributed by atoms with Crippen molar-refractivity contribution >= 4 is 15.7 Å². The highest BCUT2D eigenvalue weighted by molar-refractivity contribution is 7.89. The van der Waals surface area contributed by atoms with E-state index in [1.807, 2.05) is 0 Å². The van der Waals surface area contributed by atoms with Gasteiger partial charge in [-0.2, -0.15) is 0 Å². The Morgan fingerprint density at radius 3 is 2.48 bits per heavy atom. The number of hydrogen-bond acceptors (Lipinski definition) is 6. The largest absolute Gasteiger partial charge is 0.321 e. The van der Waals surface area contributed by atoms with E-state index in [9.17, 15) is 18.5 Å². The van der Waals surface area contributed by atoms with Gasteiger partial charge in [0.25, 0.3) is 5.69 Å². The van der Waals surface area contributed by atoms with Gasteiger partial charge in [-0.15, -0.1) is 6.58 Å². The van der Waals surface area contributed by atoms with Gasteiger partial charge in [0.2, 0.25) is 10.0 Å². The summed E-state index contributed by atoms with van der Waals surface area (Å²) in [5.74, 6) is 0. The number of rotatable bonds is 5. The van der Waals surface area contributed by atoms with E-state index in [0.717, 1.165) is 0 Å². The minimum absolute atomic E-state index is 0.00533. The van der Waals surface area contributed by atoms with Crippen LogP contribution in [0.25, 0.3) is 0 Å². The molecule has 1 aromatic carbocycles. The zero-order valence-electron chi connectivity index (χ0n) is 12.6. The zero-order valence-corrected chi connectivity index (χ0v) is 13.5. The predicted molar refractivity (Wildman–Crippen MR) is 86.2 cm³/mol. The van der Waals surface area contributed by atoms with Gasteiger partial charge in [-0.05, 0) is 18.9 Å². The van der Waals surface area contributed by atoms with Gasteiger partial charge in [0, 0.05) is 25.7 Å². The predicted octanol–water partition coefficient (Wildman–Crippen LogP) is 0.678. The van der Waals surface area contributed by atoms with Crippen molar-refractivity contribution in [3.63, 3.8) is 0 Å². The van der Waals surface area contributed by atoms with Crippen molar-refractivity contribution in [1.82, 2.24) is 4.90 Å². The molecule has 1 aliphatic rings. The number of nitrogens with two attached hydrogens (primary N) is 2. The molecule has 23 heavy (non-hydrogen) atoms. The number of hydrogen-bond donors (Lipinski definition) is 2. The second kappa shape index (κ2) is 6.36. The van der Waals surface area contributed by atoms with Crippen LogP contribution in [0.3, 0.4) is 0 Å². The summed E-state index contributed by atoms with van der Waals surface area (Å²) in [6.07, 6.45) is 2.56. The lowest BCUT2D eigenvalue weighted by molar-refractivity contribution is -0.386. The Morgan fingerprint density at radius 2 is 2.00 bits per heavy atom. The van der Waals surface area contributed by atoms with Crippen LogP contribution in [0, 0.1) is 10.1 Å². The number of nitrogens with zero attached hydrogens (tertiary/aromatic N) is 2. The SMILES string of the molecule is C=CCN1CCC(N)(c2c([N+](=O)[O-])cccc2S(N)(=O)=O)CC1. The maximum atomic E-state index is 11.9. The number of benzene rings is 1. The number of nitro groups is 1. The van der Waals surface area contributed by atoms with E-state index in [-0.39, 0.29) is 16.1 Å². The van der Waals surface area contributed by atoms with Crippen molar-refractivity contribution in [2.45, 2.75) is 23.3 Å². The molecule has 0 bridgehead atoms. The summed E-state index contributed by atoms with van der Waals surface area (Å²) in [5, 5.41) is 16.6. The smallest absolute Gasteiger partial charge is 0.275 e. The van der Waals surface area contributed by atoms with Crippen molar-refractivity contribution in [1.29, 1.82) is 0 Å². The Balaban J connectivity index is 2.53. The Kier molecular flexibility index (Phi) is 4.85. The first kappa shape index (κ1) is 17.5. The molecule has 0 saturated carbocycles. The first-order valence-corrected chi connectivity index (χ1v) is 8.66. The van der Waals surface area contributed by atoms with Crippen LogP contribution in [-0.4, -0.2) is 37.9 Å². The maximum absolute atomic E-state index is 11.9. The molecule has 0 aromatic heterocycles. The molecular weight excluding hydrogens is 320 g/mol. The van der Waals surface area contributed by atoms with Crippen molar-refractivity contribution in [3.05, 3.63) is 46.5 Å². The van der Waals surface area contributed by atoms with Crippen molar-refractivity contribution < 1.29 is 13.3 Å². The number of sulfonamides is 1. The van der Waals surface area contributed by atoms with Crippen molar-refractivity contribution in [3.8, 4) is 0 Å². The topological polar surface area (TPSA) is 133 Å². The van der Waals surface area contributed by atoms with Gasteiger partial charge >= 0.3 is 0 Å². The summed E-state index contributed by atoms with van der Waals surface area (Å²) >= 11 is 0. The van der Waals surface area contributed by atoms with Gasteiger partial charge in [-0.25, -0.2) is 13.6 Å². The monoisotopic (exact) mass is 340 g/mol. The van der Waals surface area contributed by atoms with E-state index >= 15 is 0 Å². The zero-order chi connectivity index (χ0) is 17.3. The summed E-state index contributed by atoms with van der Waals surface area (Å²) in [5.41, 5.74) is 4.99. The summed E-state index contributed by atoms with van der Waals surface area (Å²) in [4.78, 5) is 12.6. The molecule has 1 fully saturated rings. The van der Waals surface area contributed by atoms with Gasteiger partial charge in [0.15, 0.2) is 0 Å². The van der Waals surface area contributed by atoms with Crippen LogP contribution in [0.1, 0.15) is 18.4 Å². The second-order valence-corrected chi connectivity index (χ2v) is 7.23. The fraction of sp³-hybridized carbons (Fsp3) is 0.429. The van der Waals surface area contributed by atoms with E-state index < -0.39 is 20.5 Å². The van der Waals surface area contributed by atoms with Crippen LogP contribution in [0.15, 0.2) is 35.7 Å². The number of likely N-dealkylation sites (tertiary alicyclic amines) is 1. The Morgan fingerprint density at radius 1 is 1.39 bits per heavy atom. The molecule has 1 heterocycles. The summed E-state index contributed by atoms with van der Waals surface area (Å²) in [6.45, 7) is 5.56. The quantitative estimate of drug-likeness (QED) is 0.460. The molecular formula is C14H20N4O4S. The molecule has 126 valence electrons. The van der Waals surface area contributed by atoms with Crippen LogP contribution in [0.2, 0.25) is 0 Å². The Hall–Kier alpha value is -1.81. The van der Waals surface area contributed by atoms with Crippen molar-refractivity contribution in [2.75, 3.05) is 19.6 Å². The highest BCUT2D eigenvalue weighted by atomic mass is 32.2. The second-order valence-electron chi connectivity index (χ2n) is 5.70. The van der Waals surface area contributed by atoms with Crippen molar-refractivity contribution in [2.24, 2.45) is 10.9 Å². The molecule has 0 spiro atoms. The third-order valence-corrected chi connectivity index (χ3v) is 5.09. The van der Waals surface area contributed by atoms with E-state index in [4.69, 9.17) is 10.9 Å². The van der Waals surface area contributed by atoms with Crippen LogP contribution in [0.4, 0.5) is 5.69 Å². The average Bonchev–Trinajstić information content (AvgIpc) is 2.48. The van der Waals surface area contributed by atoms with Crippen LogP contribution in [-0.2, 0) is 15.6 Å². The van der Waals surface area contributed by atoms with E-state index in [1.165, 1.54) is 18.2 Å². The summed E-state index contributed by atoms with van der Waals surface area (Å²) in [7, 11) is -4.11. The highest BCUT2D eigenvalue weighted by Crippen LogP contribution is 2.39. The standard InChI is InChI=1S/C14H20N4O4S/c1-2-8-17-9-6-14(15,7-10-17)13-11(18(19)20)4-3-5-12(13)23(16,21)22/h2-5H,1,6-10,15H2,(H2,16,21,22). The molecule has 9 heteroatoms. The molecule has 1 aliphatic heterocycles. The van der Waals surface area contributed by atoms with Crippen LogP contribution < -0.4 is 10.9 Å². The maximum Gasteiger partial charge on any atom is 0.275 e. The molecule has 8 nitrogen and oxygen atoms in total. The van der Waals surface area contributed by atoms with E-state index in [0.29, 0.717) is 32.5 Å². The molecule has 0 unspecified atom stereocenters. The normalized spacial score (nSPS) is 18.5. The summed E-state index contributed by atoms with van der Waals surface area (Å²) < 4.78 is 23.7. The molecule has 0 radical (unpaired) electrons. The molecule has 0 atom stereocenters. The minimum atomic E-state index is -4.11. The molecule has 1 saturated heterocycles. The molecule has 2 rings (SSSR count). The van der Waals surface area contributed by atoms with Gasteiger partial charge in [-0.1, -0.05) is 12.1 Å². The van der Waals surface area contributed by atoms with E-state index in [2.05, 4.69) is 11.5 Å². The Labute approximate surface area is 135 Å². The fourth-order valence-electron chi connectivity index (χ4n) is 2.98. The van der Waals surface area contributed by atoms with Gasteiger partial charge < -0.3 is 5.73 Å². The number of nitro benzene ring substituents is 1. The third-order valence-electron chi connectivity index (χ3n) is 4.14. The first-order valence-electron chi connectivity index (χ1n) is 7.12. The third kappa shape index (κ3) is 3.58. The fourth-order valence-corrected chi connectivity index (χ4v) is 3.84. The minimum Gasteiger partial charge on any atom is -0.321 e. The Bertz CT molecular complexity index is 724. The number of primary sulfonamides is 1. The van der Waals surface area contributed by atoms with Crippen LogP contribution in [0.5, 0.6) is 0 Å². The highest BCUT2D eigenvalue weighted by Gasteiger charge is 2.41. The number of piperidine rings is 1. The van der Waals surface area contributed by atoms with Crippen LogP contribution >= 0.6 is 0 Å². The lowest BCUT2D eigenvalue weighted by Gasteiger charge is -2.39. The lowest BCUT2D eigenvalue weighted by Crippen LogP contribution is -2.49. The molecule has 4 N–H and O–H groups in total. The summed E-state index contributed by atoms with van der Waals surface area (Å²) in [6, 6.07) is 3.83.